The minimum atomic E-state index is -3.30. The van der Waals surface area contributed by atoms with Crippen molar-refractivity contribution in [3.05, 3.63) is 59.2 Å². The highest BCUT2D eigenvalue weighted by Crippen LogP contribution is 2.22. The first-order valence-corrected chi connectivity index (χ1v) is 10.5. The van der Waals surface area contributed by atoms with Crippen LogP contribution in [0.25, 0.3) is 0 Å². The summed E-state index contributed by atoms with van der Waals surface area (Å²) in [5.41, 5.74) is 2.92. The Morgan fingerprint density at radius 1 is 0.852 bits per heavy atom. The predicted octanol–water partition coefficient (Wildman–Crippen LogP) is 2.82. The average Bonchev–Trinajstić information content (AvgIpc) is 2.61. The molecule has 7 heteroatoms. The molecule has 2 aromatic carbocycles. The second-order valence-electron chi connectivity index (χ2n) is 6.67. The Kier molecular flexibility index (Phi) is 7.65. The zero-order chi connectivity index (χ0) is 19.9. The molecule has 0 heterocycles. The van der Waals surface area contributed by atoms with E-state index in [1.807, 2.05) is 56.3 Å². The van der Waals surface area contributed by atoms with Gasteiger partial charge < -0.3 is 14.8 Å². The molecule has 0 aromatic heterocycles. The fraction of sp³-hybridized carbons (Fsp3) is 0.400. The van der Waals surface area contributed by atoms with Crippen molar-refractivity contribution in [2.24, 2.45) is 0 Å². The van der Waals surface area contributed by atoms with Gasteiger partial charge in [0.05, 0.1) is 20.0 Å². The molecular weight excluding hydrogens is 364 g/mol. The largest absolute Gasteiger partial charge is 0.497 e. The number of hydrogen-bond acceptors (Lipinski definition) is 5. The number of ether oxygens (including phenoxy) is 2. The Morgan fingerprint density at radius 2 is 1.37 bits per heavy atom. The fourth-order valence-corrected chi connectivity index (χ4v) is 4.13. The van der Waals surface area contributed by atoms with Gasteiger partial charge in [0, 0.05) is 25.2 Å². The van der Waals surface area contributed by atoms with Crippen molar-refractivity contribution >= 4 is 10.0 Å². The van der Waals surface area contributed by atoms with Crippen LogP contribution in [0.3, 0.4) is 0 Å². The minimum absolute atomic E-state index is 0.0114. The molecule has 0 fully saturated rings. The number of benzene rings is 2. The highest BCUT2D eigenvalue weighted by molar-refractivity contribution is 7.88. The molecule has 0 aliphatic carbocycles. The van der Waals surface area contributed by atoms with Crippen LogP contribution in [0.5, 0.6) is 11.5 Å². The number of nitrogens with one attached hydrogen (secondary N) is 2. The summed E-state index contributed by atoms with van der Waals surface area (Å²) in [5, 5.41) is 3.37. The van der Waals surface area contributed by atoms with Crippen LogP contribution >= 0.6 is 0 Å². The van der Waals surface area contributed by atoms with Crippen molar-refractivity contribution in [1.82, 2.24) is 10.0 Å². The van der Waals surface area contributed by atoms with Crippen molar-refractivity contribution in [1.29, 1.82) is 0 Å². The van der Waals surface area contributed by atoms with Gasteiger partial charge in [0.2, 0.25) is 10.0 Å². The maximum atomic E-state index is 12.0. The predicted molar refractivity (Wildman–Crippen MR) is 107 cm³/mol. The SMILES string of the molecule is COc1cc(CNCc2ccc(CS(=O)(=O)NC(C)C)cc2)cc(OC)c1. The van der Waals surface area contributed by atoms with Gasteiger partial charge >= 0.3 is 0 Å². The summed E-state index contributed by atoms with van der Waals surface area (Å²) in [5.74, 6) is 1.50. The summed E-state index contributed by atoms with van der Waals surface area (Å²) < 4.78 is 37.1. The van der Waals surface area contributed by atoms with E-state index < -0.39 is 10.0 Å². The third-order valence-electron chi connectivity index (χ3n) is 3.86. The standard InChI is InChI=1S/C20H28N2O4S/c1-15(2)22-27(23,24)14-17-7-5-16(6-8-17)12-21-13-18-9-19(25-3)11-20(10-18)26-4/h5-11,15,21-22H,12-14H2,1-4H3. The van der Waals surface area contributed by atoms with Gasteiger partial charge in [-0.15, -0.1) is 0 Å². The molecule has 27 heavy (non-hydrogen) atoms. The number of sulfonamides is 1. The van der Waals surface area contributed by atoms with Crippen molar-refractivity contribution in [3.63, 3.8) is 0 Å². The lowest BCUT2D eigenvalue weighted by Crippen LogP contribution is -2.31. The van der Waals surface area contributed by atoms with E-state index in [0.29, 0.717) is 13.1 Å². The topological polar surface area (TPSA) is 76.7 Å². The van der Waals surface area contributed by atoms with Crippen LogP contribution in [0, 0.1) is 0 Å². The van der Waals surface area contributed by atoms with Gasteiger partial charge in [0.25, 0.3) is 0 Å². The molecule has 2 N–H and O–H groups in total. The first-order chi connectivity index (χ1) is 12.8. The molecule has 0 radical (unpaired) electrons. The zero-order valence-corrected chi connectivity index (χ0v) is 17.1. The molecule has 0 amide bonds. The number of hydrogen-bond donors (Lipinski definition) is 2. The van der Waals surface area contributed by atoms with Gasteiger partial charge in [-0.05, 0) is 42.7 Å². The van der Waals surface area contributed by atoms with Crippen LogP contribution in [0.15, 0.2) is 42.5 Å². The van der Waals surface area contributed by atoms with Gasteiger partial charge in [-0.3, -0.25) is 0 Å². The fourth-order valence-electron chi connectivity index (χ4n) is 2.69. The summed E-state index contributed by atoms with van der Waals surface area (Å²) in [6.07, 6.45) is 0. The second-order valence-corrected chi connectivity index (χ2v) is 8.43. The maximum absolute atomic E-state index is 12.0. The molecule has 0 saturated carbocycles. The van der Waals surface area contributed by atoms with Crippen LogP contribution in [-0.4, -0.2) is 28.7 Å². The molecule has 0 spiro atoms. The normalized spacial score (nSPS) is 11.6. The van der Waals surface area contributed by atoms with Crippen LogP contribution < -0.4 is 19.5 Å². The van der Waals surface area contributed by atoms with Crippen molar-refractivity contribution < 1.29 is 17.9 Å². The lowest BCUT2D eigenvalue weighted by atomic mass is 10.1. The molecule has 0 saturated heterocycles. The van der Waals surface area contributed by atoms with E-state index in [1.54, 1.807) is 14.2 Å². The molecule has 148 valence electrons. The van der Waals surface area contributed by atoms with Gasteiger partial charge in [-0.2, -0.15) is 0 Å². The molecule has 2 rings (SSSR count). The van der Waals surface area contributed by atoms with E-state index >= 15 is 0 Å². The number of methoxy groups -OCH3 is 2. The quantitative estimate of drug-likeness (QED) is 0.650. The monoisotopic (exact) mass is 392 g/mol. The zero-order valence-electron chi connectivity index (χ0n) is 16.3. The molecular formula is C20H28N2O4S. The Morgan fingerprint density at radius 3 is 1.89 bits per heavy atom. The molecule has 2 aromatic rings. The van der Waals surface area contributed by atoms with E-state index in [4.69, 9.17) is 9.47 Å². The summed E-state index contributed by atoms with van der Waals surface area (Å²) in [7, 11) is -0.0436. The lowest BCUT2D eigenvalue weighted by molar-refractivity contribution is 0.393. The van der Waals surface area contributed by atoms with E-state index in [2.05, 4.69) is 10.0 Å². The highest BCUT2D eigenvalue weighted by Gasteiger charge is 2.12. The van der Waals surface area contributed by atoms with E-state index in [0.717, 1.165) is 28.2 Å². The van der Waals surface area contributed by atoms with Gasteiger partial charge in [0.15, 0.2) is 0 Å². The summed E-state index contributed by atoms with van der Waals surface area (Å²) in [6.45, 7) is 4.97. The Balaban J connectivity index is 1.90. The summed E-state index contributed by atoms with van der Waals surface area (Å²) >= 11 is 0. The molecule has 6 nitrogen and oxygen atoms in total. The molecule has 0 aliphatic rings. The Labute approximate surface area is 161 Å². The van der Waals surface area contributed by atoms with Gasteiger partial charge in [-0.1, -0.05) is 24.3 Å². The van der Waals surface area contributed by atoms with Gasteiger partial charge in [0.1, 0.15) is 11.5 Å². The maximum Gasteiger partial charge on any atom is 0.216 e. The third kappa shape index (κ3) is 7.21. The molecule has 0 unspecified atom stereocenters. The van der Waals surface area contributed by atoms with Gasteiger partial charge in [-0.25, -0.2) is 13.1 Å². The molecule has 0 aliphatic heterocycles. The van der Waals surface area contributed by atoms with Crippen molar-refractivity contribution in [2.45, 2.75) is 38.7 Å². The van der Waals surface area contributed by atoms with Crippen LogP contribution in [0.1, 0.15) is 30.5 Å². The second kappa shape index (κ2) is 9.73. The first kappa shape index (κ1) is 21.2. The van der Waals surface area contributed by atoms with E-state index in [9.17, 15) is 8.42 Å². The summed E-state index contributed by atoms with van der Waals surface area (Å²) in [6, 6.07) is 13.3. The number of rotatable bonds is 10. The minimum Gasteiger partial charge on any atom is -0.497 e. The Hall–Kier alpha value is -2.09. The van der Waals surface area contributed by atoms with Crippen LogP contribution in [0.4, 0.5) is 0 Å². The molecule has 0 atom stereocenters. The average molecular weight is 393 g/mol. The van der Waals surface area contributed by atoms with Crippen molar-refractivity contribution in [2.75, 3.05) is 14.2 Å². The van der Waals surface area contributed by atoms with E-state index in [-0.39, 0.29) is 11.8 Å². The van der Waals surface area contributed by atoms with E-state index in [1.165, 1.54) is 0 Å². The highest BCUT2D eigenvalue weighted by atomic mass is 32.2. The molecule has 0 bridgehead atoms. The third-order valence-corrected chi connectivity index (χ3v) is 5.41. The lowest BCUT2D eigenvalue weighted by Gasteiger charge is -2.11. The summed E-state index contributed by atoms with van der Waals surface area (Å²) in [4.78, 5) is 0. The first-order valence-electron chi connectivity index (χ1n) is 8.82. The smallest absolute Gasteiger partial charge is 0.216 e. The van der Waals surface area contributed by atoms with Crippen LogP contribution in [0.2, 0.25) is 0 Å². The van der Waals surface area contributed by atoms with Crippen molar-refractivity contribution in [3.8, 4) is 11.5 Å². The Bertz CT molecular complexity index is 811. The van der Waals surface area contributed by atoms with Crippen LogP contribution in [-0.2, 0) is 28.9 Å².